The summed E-state index contributed by atoms with van der Waals surface area (Å²) in [5, 5.41) is 4.63. The van der Waals surface area contributed by atoms with Crippen LogP contribution in [0.2, 0.25) is 0 Å². The van der Waals surface area contributed by atoms with Crippen molar-refractivity contribution >= 4 is 39.6 Å². The zero-order chi connectivity index (χ0) is 12.4. The number of aromatic nitrogens is 1. The lowest BCUT2D eigenvalue weighted by Crippen LogP contribution is -2.08. The fourth-order valence-corrected chi connectivity index (χ4v) is 3.30. The van der Waals surface area contributed by atoms with Crippen molar-refractivity contribution in [3.63, 3.8) is 0 Å². The summed E-state index contributed by atoms with van der Waals surface area (Å²) in [6.45, 7) is 6.34. The Morgan fingerprint density at radius 2 is 2.12 bits per heavy atom. The Labute approximate surface area is 120 Å². The minimum Gasteiger partial charge on any atom is -0.377 e. The molecule has 0 radical (unpaired) electrons. The van der Waals surface area contributed by atoms with E-state index in [1.807, 2.05) is 0 Å². The minimum atomic E-state index is 0.248. The highest BCUT2D eigenvalue weighted by atomic mass is 127. The highest BCUT2D eigenvalue weighted by Crippen LogP contribution is 2.25. The minimum absolute atomic E-state index is 0.248. The molecule has 0 saturated carbocycles. The average molecular weight is 358 g/mol. The summed E-state index contributed by atoms with van der Waals surface area (Å²) in [5.41, 5.74) is 2.31. The molecular formula is C13H15IN2S. The first-order chi connectivity index (χ1) is 8.06. The lowest BCUT2D eigenvalue weighted by atomic mass is 10.2. The summed E-state index contributed by atoms with van der Waals surface area (Å²) in [4.78, 5) is 5.88. The molecule has 0 aliphatic heterocycles. The predicted molar refractivity (Wildman–Crippen MR) is 82.8 cm³/mol. The van der Waals surface area contributed by atoms with Crippen LogP contribution in [0.5, 0.6) is 0 Å². The van der Waals surface area contributed by atoms with E-state index in [1.165, 1.54) is 8.45 Å². The third-order valence-electron chi connectivity index (χ3n) is 2.56. The van der Waals surface area contributed by atoms with E-state index >= 15 is 0 Å². The fourth-order valence-electron chi connectivity index (χ4n) is 1.84. The van der Waals surface area contributed by atoms with Crippen LogP contribution < -0.4 is 5.32 Å². The molecule has 1 unspecified atom stereocenters. The molecule has 0 amide bonds. The van der Waals surface area contributed by atoms with E-state index < -0.39 is 0 Å². The Morgan fingerprint density at radius 3 is 2.71 bits per heavy atom. The lowest BCUT2D eigenvalue weighted by molar-refractivity contribution is 0.837. The molecule has 2 rings (SSSR count). The Balaban J connectivity index is 2.16. The molecule has 90 valence electrons. The van der Waals surface area contributed by atoms with E-state index in [-0.39, 0.29) is 6.04 Å². The SMILES string of the molecule is Cc1nc(C(C)Nc2cccc(I)c2)c(C)s1. The van der Waals surface area contributed by atoms with Gasteiger partial charge in [0.15, 0.2) is 0 Å². The van der Waals surface area contributed by atoms with Crippen molar-refractivity contribution in [1.29, 1.82) is 0 Å². The van der Waals surface area contributed by atoms with Gasteiger partial charge in [0.25, 0.3) is 0 Å². The summed E-state index contributed by atoms with van der Waals surface area (Å²) in [6.07, 6.45) is 0. The molecule has 1 aromatic carbocycles. The average Bonchev–Trinajstić information content (AvgIpc) is 2.58. The van der Waals surface area contributed by atoms with Crippen LogP contribution in [0.4, 0.5) is 5.69 Å². The monoisotopic (exact) mass is 358 g/mol. The number of nitrogens with one attached hydrogen (secondary N) is 1. The van der Waals surface area contributed by atoms with Crippen LogP contribution in [0, 0.1) is 17.4 Å². The number of aryl methyl sites for hydroxylation is 2. The zero-order valence-electron chi connectivity index (χ0n) is 10.1. The molecule has 2 aromatic rings. The summed E-state index contributed by atoms with van der Waals surface area (Å²) in [6, 6.07) is 8.64. The van der Waals surface area contributed by atoms with Crippen molar-refractivity contribution in [1.82, 2.24) is 4.98 Å². The van der Waals surface area contributed by atoms with E-state index in [1.54, 1.807) is 11.3 Å². The number of anilines is 1. The molecule has 1 aromatic heterocycles. The van der Waals surface area contributed by atoms with E-state index in [2.05, 4.69) is 77.9 Å². The van der Waals surface area contributed by atoms with Crippen molar-refractivity contribution in [2.45, 2.75) is 26.8 Å². The first-order valence-electron chi connectivity index (χ1n) is 5.52. The van der Waals surface area contributed by atoms with Crippen LogP contribution in [0.15, 0.2) is 24.3 Å². The standard InChI is InChI=1S/C13H15IN2S/c1-8(13-9(2)17-10(3)16-13)15-12-6-4-5-11(14)7-12/h4-8,15H,1-3H3. The number of benzene rings is 1. The van der Waals surface area contributed by atoms with Crippen molar-refractivity contribution in [3.8, 4) is 0 Å². The second-order valence-electron chi connectivity index (χ2n) is 4.05. The third kappa shape index (κ3) is 3.19. The first kappa shape index (κ1) is 12.8. The van der Waals surface area contributed by atoms with Gasteiger partial charge < -0.3 is 5.32 Å². The molecule has 0 bridgehead atoms. The second-order valence-corrected chi connectivity index (χ2v) is 6.70. The maximum atomic E-state index is 4.58. The quantitative estimate of drug-likeness (QED) is 0.815. The van der Waals surface area contributed by atoms with Gasteiger partial charge in [-0.15, -0.1) is 11.3 Å². The van der Waals surface area contributed by atoms with Crippen molar-refractivity contribution < 1.29 is 0 Å². The summed E-state index contributed by atoms with van der Waals surface area (Å²) in [5.74, 6) is 0. The summed E-state index contributed by atoms with van der Waals surface area (Å²) >= 11 is 4.08. The Morgan fingerprint density at radius 1 is 1.35 bits per heavy atom. The van der Waals surface area contributed by atoms with Gasteiger partial charge in [0.2, 0.25) is 0 Å². The van der Waals surface area contributed by atoms with E-state index in [0.29, 0.717) is 0 Å². The van der Waals surface area contributed by atoms with Crippen LogP contribution in [0.1, 0.15) is 28.5 Å². The zero-order valence-corrected chi connectivity index (χ0v) is 13.1. The van der Waals surface area contributed by atoms with Crippen LogP contribution in [-0.4, -0.2) is 4.98 Å². The van der Waals surface area contributed by atoms with Crippen molar-refractivity contribution in [2.24, 2.45) is 0 Å². The van der Waals surface area contributed by atoms with Crippen LogP contribution >= 0.6 is 33.9 Å². The number of hydrogen-bond donors (Lipinski definition) is 1. The van der Waals surface area contributed by atoms with Gasteiger partial charge in [0.05, 0.1) is 16.7 Å². The van der Waals surface area contributed by atoms with Crippen molar-refractivity contribution in [2.75, 3.05) is 5.32 Å². The van der Waals surface area contributed by atoms with Crippen LogP contribution in [0.3, 0.4) is 0 Å². The predicted octanol–water partition coefficient (Wildman–Crippen LogP) is 4.54. The number of rotatable bonds is 3. The molecular weight excluding hydrogens is 343 g/mol. The maximum absolute atomic E-state index is 4.58. The van der Waals surface area contributed by atoms with Gasteiger partial charge >= 0.3 is 0 Å². The number of halogens is 1. The summed E-state index contributed by atoms with van der Waals surface area (Å²) < 4.78 is 1.24. The van der Waals surface area contributed by atoms with Gasteiger partial charge in [-0.2, -0.15) is 0 Å². The van der Waals surface area contributed by atoms with Gasteiger partial charge in [-0.1, -0.05) is 6.07 Å². The molecule has 0 fully saturated rings. The lowest BCUT2D eigenvalue weighted by Gasteiger charge is -2.14. The Kier molecular flexibility index (Phi) is 4.04. The van der Waals surface area contributed by atoms with Gasteiger partial charge in [-0.25, -0.2) is 4.98 Å². The molecule has 4 heteroatoms. The van der Waals surface area contributed by atoms with Crippen molar-refractivity contribution in [3.05, 3.63) is 43.4 Å². The smallest absolute Gasteiger partial charge is 0.0901 e. The fraction of sp³-hybridized carbons (Fsp3) is 0.308. The molecule has 0 spiro atoms. The van der Waals surface area contributed by atoms with Crippen LogP contribution in [-0.2, 0) is 0 Å². The molecule has 0 aliphatic carbocycles. The number of nitrogens with zero attached hydrogens (tertiary/aromatic N) is 1. The van der Waals surface area contributed by atoms with E-state index in [9.17, 15) is 0 Å². The normalized spacial score (nSPS) is 12.5. The van der Waals surface area contributed by atoms with Gasteiger partial charge in [0, 0.05) is 14.1 Å². The van der Waals surface area contributed by atoms with Gasteiger partial charge in [-0.3, -0.25) is 0 Å². The molecule has 17 heavy (non-hydrogen) atoms. The molecule has 0 aliphatic rings. The highest BCUT2D eigenvalue weighted by molar-refractivity contribution is 14.1. The highest BCUT2D eigenvalue weighted by Gasteiger charge is 2.12. The topological polar surface area (TPSA) is 24.9 Å². The third-order valence-corrected chi connectivity index (χ3v) is 4.13. The maximum Gasteiger partial charge on any atom is 0.0901 e. The molecule has 1 N–H and O–H groups in total. The summed E-state index contributed by atoms with van der Waals surface area (Å²) in [7, 11) is 0. The second kappa shape index (κ2) is 5.35. The molecule has 0 saturated heterocycles. The molecule has 1 atom stereocenters. The number of hydrogen-bond acceptors (Lipinski definition) is 3. The number of thiazole rings is 1. The first-order valence-corrected chi connectivity index (χ1v) is 7.42. The largest absolute Gasteiger partial charge is 0.377 e. The van der Waals surface area contributed by atoms with Crippen LogP contribution in [0.25, 0.3) is 0 Å². The van der Waals surface area contributed by atoms with E-state index in [0.717, 1.165) is 16.4 Å². The molecule has 2 nitrogen and oxygen atoms in total. The molecule has 1 heterocycles. The van der Waals surface area contributed by atoms with Gasteiger partial charge in [0.1, 0.15) is 0 Å². The van der Waals surface area contributed by atoms with Gasteiger partial charge in [-0.05, 0) is 61.6 Å². The Bertz CT molecular complexity index is 522. The van der Waals surface area contributed by atoms with E-state index in [4.69, 9.17) is 0 Å². The Hall–Kier alpha value is -0.620.